The number of carbonyl (C=O) groups is 1. The van der Waals surface area contributed by atoms with E-state index in [9.17, 15) is 4.79 Å². The van der Waals surface area contributed by atoms with Crippen LogP contribution in [0, 0.1) is 17.2 Å². The summed E-state index contributed by atoms with van der Waals surface area (Å²) in [5.41, 5.74) is 1.25. The van der Waals surface area contributed by atoms with E-state index >= 15 is 0 Å². The molecule has 0 heterocycles. The van der Waals surface area contributed by atoms with Crippen LogP contribution in [0.15, 0.2) is 24.3 Å². The molecule has 2 rings (SSSR count). The van der Waals surface area contributed by atoms with Crippen molar-refractivity contribution >= 4 is 11.6 Å². The summed E-state index contributed by atoms with van der Waals surface area (Å²) in [7, 11) is 2.14. The van der Waals surface area contributed by atoms with Crippen LogP contribution in [0.25, 0.3) is 0 Å². The average Bonchev–Trinajstić information content (AvgIpc) is 3.31. The molecule has 112 valence electrons. The Hall–Kier alpha value is -1.86. The highest BCUT2D eigenvalue weighted by Crippen LogP contribution is 2.34. The second-order valence-corrected chi connectivity index (χ2v) is 5.90. The van der Waals surface area contributed by atoms with E-state index in [2.05, 4.69) is 30.3 Å². The van der Waals surface area contributed by atoms with Crippen LogP contribution in [0.5, 0.6) is 0 Å². The highest BCUT2D eigenvalue weighted by molar-refractivity contribution is 5.90. The van der Waals surface area contributed by atoms with E-state index in [-0.39, 0.29) is 5.91 Å². The van der Waals surface area contributed by atoms with Crippen molar-refractivity contribution in [3.05, 3.63) is 29.8 Å². The van der Waals surface area contributed by atoms with Gasteiger partial charge in [0.15, 0.2) is 0 Å². The molecule has 0 spiro atoms. The second kappa shape index (κ2) is 7.24. The molecule has 0 bridgehead atoms. The molecule has 1 aliphatic carbocycles. The zero-order chi connectivity index (χ0) is 15.2. The quantitative estimate of drug-likeness (QED) is 0.838. The molecule has 1 unspecified atom stereocenters. The van der Waals surface area contributed by atoms with E-state index in [0.29, 0.717) is 23.7 Å². The molecule has 1 atom stereocenters. The summed E-state index contributed by atoms with van der Waals surface area (Å²) < 4.78 is 0. The molecule has 0 aromatic heterocycles. The second-order valence-electron chi connectivity index (χ2n) is 5.90. The fraction of sp³-hybridized carbons (Fsp3) is 0.529. The molecule has 1 N–H and O–H groups in total. The first-order chi connectivity index (χ1) is 10.1. The third kappa shape index (κ3) is 4.87. The van der Waals surface area contributed by atoms with Crippen molar-refractivity contribution in [1.82, 2.24) is 4.90 Å². The van der Waals surface area contributed by atoms with Crippen molar-refractivity contribution in [2.24, 2.45) is 5.92 Å². The van der Waals surface area contributed by atoms with Gasteiger partial charge in [-0.3, -0.25) is 4.79 Å². The smallest absolute Gasteiger partial charge is 0.224 e. The Morgan fingerprint density at radius 2 is 2.29 bits per heavy atom. The molecule has 1 aromatic carbocycles. The highest BCUT2D eigenvalue weighted by atomic mass is 16.1. The summed E-state index contributed by atoms with van der Waals surface area (Å²) in [6.45, 7) is 3.22. The molecular weight excluding hydrogens is 262 g/mol. The standard InChI is InChI=1S/C17H23N3O/c1-13(15-8-9-15)20(2)10-4-7-17(21)19-16-6-3-5-14(11-16)12-18/h3,5-6,11,13,15H,4,7-10H2,1-2H3,(H,19,21). The van der Waals surface area contributed by atoms with E-state index in [1.165, 1.54) is 12.8 Å². The van der Waals surface area contributed by atoms with Crippen LogP contribution in [0.3, 0.4) is 0 Å². The topological polar surface area (TPSA) is 56.1 Å². The number of benzene rings is 1. The Labute approximate surface area is 126 Å². The summed E-state index contributed by atoms with van der Waals surface area (Å²) in [6.07, 6.45) is 4.07. The summed E-state index contributed by atoms with van der Waals surface area (Å²) in [4.78, 5) is 14.2. The lowest BCUT2D eigenvalue weighted by Crippen LogP contribution is -2.32. The van der Waals surface area contributed by atoms with Gasteiger partial charge in [0, 0.05) is 18.2 Å². The van der Waals surface area contributed by atoms with Crippen LogP contribution in [0.4, 0.5) is 5.69 Å². The molecule has 1 aliphatic rings. The van der Waals surface area contributed by atoms with Gasteiger partial charge in [-0.15, -0.1) is 0 Å². The number of hydrogen-bond donors (Lipinski definition) is 1. The minimum absolute atomic E-state index is 0.0116. The number of nitrogens with one attached hydrogen (secondary N) is 1. The molecular formula is C17H23N3O. The lowest BCUT2D eigenvalue weighted by Gasteiger charge is -2.24. The molecule has 1 amide bonds. The van der Waals surface area contributed by atoms with Crippen LogP contribution in [0.2, 0.25) is 0 Å². The molecule has 1 saturated carbocycles. The Morgan fingerprint density at radius 1 is 1.52 bits per heavy atom. The van der Waals surface area contributed by atoms with Crippen LogP contribution >= 0.6 is 0 Å². The molecule has 4 nitrogen and oxygen atoms in total. The Morgan fingerprint density at radius 3 is 2.95 bits per heavy atom. The van der Waals surface area contributed by atoms with Crippen molar-refractivity contribution in [2.45, 2.75) is 38.6 Å². The fourth-order valence-corrected chi connectivity index (χ4v) is 2.52. The third-order valence-corrected chi connectivity index (χ3v) is 4.19. The summed E-state index contributed by atoms with van der Waals surface area (Å²) in [5, 5.41) is 11.7. The maximum absolute atomic E-state index is 11.9. The largest absolute Gasteiger partial charge is 0.326 e. The number of nitriles is 1. The van der Waals surface area contributed by atoms with Crippen molar-refractivity contribution in [3.8, 4) is 6.07 Å². The lowest BCUT2D eigenvalue weighted by atomic mass is 10.1. The SMILES string of the molecule is CC(C1CC1)N(C)CCCC(=O)Nc1cccc(C#N)c1. The van der Waals surface area contributed by atoms with Gasteiger partial charge < -0.3 is 10.2 Å². The number of rotatable bonds is 7. The van der Waals surface area contributed by atoms with Crippen LogP contribution in [0.1, 0.15) is 38.2 Å². The van der Waals surface area contributed by atoms with Crippen LogP contribution in [-0.4, -0.2) is 30.4 Å². The van der Waals surface area contributed by atoms with Gasteiger partial charge in [-0.2, -0.15) is 5.26 Å². The predicted octanol–water partition coefficient (Wildman–Crippen LogP) is 3.01. The Kier molecular flexibility index (Phi) is 5.35. The summed E-state index contributed by atoms with van der Waals surface area (Å²) >= 11 is 0. The molecule has 0 radical (unpaired) electrons. The zero-order valence-corrected chi connectivity index (χ0v) is 12.8. The van der Waals surface area contributed by atoms with Gasteiger partial charge in [0.2, 0.25) is 5.91 Å². The van der Waals surface area contributed by atoms with E-state index in [1.54, 1.807) is 24.3 Å². The molecule has 0 saturated heterocycles. The maximum Gasteiger partial charge on any atom is 0.224 e. The average molecular weight is 285 g/mol. The first-order valence-corrected chi connectivity index (χ1v) is 7.60. The normalized spacial score (nSPS) is 15.5. The van der Waals surface area contributed by atoms with Crippen LogP contribution in [-0.2, 0) is 4.79 Å². The minimum Gasteiger partial charge on any atom is -0.326 e. The van der Waals surface area contributed by atoms with Crippen LogP contribution < -0.4 is 5.32 Å². The molecule has 4 heteroatoms. The summed E-state index contributed by atoms with van der Waals surface area (Å²) in [6, 6.07) is 9.70. The predicted molar refractivity (Wildman–Crippen MR) is 83.8 cm³/mol. The van der Waals surface area contributed by atoms with E-state index in [4.69, 9.17) is 5.26 Å². The van der Waals surface area contributed by atoms with Crippen molar-refractivity contribution in [1.29, 1.82) is 5.26 Å². The number of amides is 1. The molecule has 1 aromatic rings. The number of nitrogens with zero attached hydrogens (tertiary/aromatic N) is 2. The maximum atomic E-state index is 11.9. The van der Waals surface area contributed by atoms with E-state index in [1.807, 2.05) is 0 Å². The number of anilines is 1. The van der Waals surface area contributed by atoms with E-state index < -0.39 is 0 Å². The highest BCUT2D eigenvalue weighted by Gasteiger charge is 2.30. The van der Waals surface area contributed by atoms with Gasteiger partial charge in [0.05, 0.1) is 11.6 Å². The first kappa shape index (κ1) is 15.5. The fourth-order valence-electron chi connectivity index (χ4n) is 2.52. The van der Waals surface area contributed by atoms with Crippen molar-refractivity contribution in [2.75, 3.05) is 18.9 Å². The van der Waals surface area contributed by atoms with Crippen molar-refractivity contribution in [3.63, 3.8) is 0 Å². The Bertz CT molecular complexity index is 531. The number of hydrogen-bond acceptors (Lipinski definition) is 3. The van der Waals surface area contributed by atoms with Crippen molar-refractivity contribution < 1.29 is 4.79 Å². The van der Waals surface area contributed by atoms with E-state index in [0.717, 1.165) is 18.9 Å². The van der Waals surface area contributed by atoms with Gasteiger partial charge in [0.1, 0.15) is 0 Å². The Balaban J connectivity index is 1.70. The third-order valence-electron chi connectivity index (χ3n) is 4.19. The van der Waals surface area contributed by atoms with Gasteiger partial charge in [-0.05, 0) is 63.9 Å². The molecule has 1 fully saturated rings. The summed E-state index contributed by atoms with van der Waals surface area (Å²) in [5.74, 6) is 0.870. The minimum atomic E-state index is 0.0116. The van der Waals surface area contributed by atoms with Gasteiger partial charge in [-0.25, -0.2) is 0 Å². The zero-order valence-electron chi connectivity index (χ0n) is 12.8. The van der Waals surface area contributed by atoms with Gasteiger partial charge >= 0.3 is 0 Å². The molecule has 0 aliphatic heterocycles. The number of carbonyl (C=O) groups excluding carboxylic acids is 1. The first-order valence-electron chi connectivity index (χ1n) is 7.60. The van der Waals surface area contributed by atoms with Gasteiger partial charge in [0.25, 0.3) is 0 Å². The molecule has 21 heavy (non-hydrogen) atoms. The monoisotopic (exact) mass is 285 g/mol. The van der Waals surface area contributed by atoms with Gasteiger partial charge in [-0.1, -0.05) is 6.07 Å². The lowest BCUT2D eigenvalue weighted by molar-refractivity contribution is -0.116.